The van der Waals surface area contributed by atoms with E-state index in [0.717, 1.165) is 11.4 Å². The van der Waals surface area contributed by atoms with Gasteiger partial charge in [-0.3, -0.25) is 0 Å². The van der Waals surface area contributed by atoms with E-state index in [0.29, 0.717) is 0 Å². The Labute approximate surface area is 129 Å². The smallest absolute Gasteiger partial charge is 0.00724 e. The second-order valence-electron chi connectivity index (χ2n) is 4.06. The molecule has 0 fully saturated rings. The van der Waals surface area contributed by atoms with Gasteiger partial charge in [-0.1, -0.05) is 25.2 Å². The van der Waals surface area contributed by atoms with E-state index in [2.05, 4.69) is 55.1 Å². The Morgan fingerprint density at radius 2 is 1.24 bits per heavy atom. The number of hydrogen-bond donors (Lipinski definition) is 0. The normalized spacial score (nSPS) is 9.59. The molecule has 0 unspecified atom stereocenters. The first kappa shape index (κ1) is 14.4. The summed E-state index contributed by atoms with van der Waals surface area (Å²) < 4.78 is 0. The van der Waals surface area contributed by atoms with Gasteiger partial charge in [-0.15, -0.1) is 12.1 Å². The van der Waals surface area contributed by atoms with Gasteiger partial charge in [0, 0.05) is 39.8 Å². The van der Waals surface area contributed by atoms with E-state index < -0.39 is 0 Å². The molecule has 0 aliphatic rings. The van der Waals surface area contributed by atoms with Crippen molar-refractivity contribution in [3.05, 3.63) is 59.7 Å². The van der Waals surface area contributed by atoms with Crippen LogP contribution in [-0.2, 0) is 32.7 Å². The zero-order valence-electron chi connectivity index (χ0n) is 10.5. The first-order valence-electron chi connectivity index (χ1n) is 5.37. The molecule has 0 saturated carbocycles. The molecule has 1 radical (unpaired) electrons. The van der Waals surface area contributed by atoms with E-state index in [-0.39, 0.29) is 32.7 Å². The molecule has 0 aromatic heterocycles. The number of anilines is 2. The van der Waals surface area contributed by atoms with Gasteiger partial charge in [0.25, 0.3) is 0 Å². The van der Waals surface area contributed by atoms with Crippen molar-refractivity contribution in [2.45, 2.75) is 13.8 Å². The van der Waals surface area contributed by atoms with E-state index in [1.165, 1.54) is 11.1 Å². The second kappa shape index (κ2) is 6.32. The second-order valence-corrected chi connectivity index (χ2v) is 4.06. The van der Waals surface area contributed by atoms with Gasteiger partial charge in [-0.25, -0.2) is 0 Å². The van der Waals surface area contributed by atoms with Gasteiger partial charge in [0.1, 0.15) is 0 Å². The maximum absolute atomic E-state index is 3.26. The average molecular weight is 298 g/mol. The Hall–Kier alpha value is -0.656. The molecule has 0 spiro atoms. The minimum absolute atomic E-state index is 0. The monoisotopic (exact) mass is 298 g/mol. The average Bonchev–Trinajstić information content (AvgIpc) is 2.30. The van der Waals surface area contributed by atoms with Crippen LogP contribution in [0.4, 0.5) is 11.4 Å². The van der Waals surface area contributed by atoms with Crippen LogP contribution in [0.5, 0.6) is 0 Å². The van der Waals surface area contributed by atoms with Gasteiger partial charge >= 0.3 is 0 Å². The van der Waals surface area contributed by atoms with Crippen LogP contribution in [0.15, 0.2) is 36.4 Å². The molecule has 0 bridgehead atoms. The molecular weight excluding hydrogens is 283 g/mol. The quantitative estimate of drug-likeness (QED) is 0.765. The van der Waals surface area contributed by atoms with Crippen LogP contribution in [0.3, 0.4) is 0 Å². The van der Waals surface area contributed by atoms with Gasteiger partial charge in [-0.2, -0.15) is 47.5 Å². The Morgan fingerprint density at radius 1 is 0.824 bits per heavy atom. The third kappa shape index (κ3) is 3.65. The first-order valence-corrected chi connectivity index (χ1v) is 5.37. The minimum atomic E-state index is 0. The first-order chi connectivity index (χ1) is 7.66. The molecule has 85 valence electrons. The Balaban J connectivity index is 0.00000144. The van der Waals surface area contributed by atoms with Crippen LogP contribution in [0.1, 0.15) is 11.1 Å². The predicted molar refractivity (Wildman–Crippen MR) is 68.1 cm³/mol. The molecule has 2 aromatic carbocycles. The van der Waals surface area contributed by atoms with Gasteiger partial charge in [-0.05, 0) is 0 Å². The molecule has 0 aliphatic heterocycles. The molecule has 0 aliphatic carbocycles. The van der Waals surface area contributed by atoms with Crippen LogP contribution < -0.4 is 4.90 Å². The number of benzene rings is 2. The Bertz CT molecular complexity index is 414. The van der Waals surface area contributed by atoms with Crippen LogP contribution in [0, 0.1) is 26.0 Å². The Kier molecular flexibility index (Phi) is 5.36. The van der Waals surface area contributed by atoms with Crippen molar-refractivity contribution in [2.75, 3.05) is 11.9 Å². The molecule has 0 heterocycles. The summed E-state index contributed by atoms with van der Waals surface area (Å²) in [5, 5.41) is 0. The van der Waals surface area contributed by atoms with Crippen molar-refractivity contribution in [3.63, 3.8) is 0 Å². The third-order valence-corrected chi connectivity index (χ3v) is 2.63. The van der Waals surface area contributed by atoms with Crippen LogP contribution in [0.2, 0.25) is 0 Å². The summed E-state index contributed by atoms with van der Waals surface area (Å²) in [6, 6.07) is 18.8. The van der Waals surface area contributed by atoms with E-state index in [4.69, 9.17) is 0 Å². The van der Waals surface area contributed by atoms with E-state index in [1.807, 2.05) is 19.2 Å². The molecule has 2 rings (SSSR count). The summed E-state index contributed by atoms with van der Waals surface area (Å²) in [4.78, 5) is 2.08. The van der Waals surface area contributed by atoms with E-state index in [1.54, 1.807) is 0 Å². The van der Waals surface area contributed by atoms with Crippen molar-refractivity contribution >= 4 is 11.4 Å². The number of hydrogen-bond acceptors (Lipinski definition) is 1. The van der Waals surface area contributed by atoms with Gasteiger partial charge in [0.2, 0.25) is 0 Å². The zero-order chi connectivity index (χ0) is 11.5. The molecule has 0 atom stereocenters. The SMILES string of the molecule is Cc1c[c-]c(N(C)c2[c-]cc(C)cc2)cc1.[Y]. The minimum Gasteiger partial charge on any atom is -0.391 e. The summed E-state index contributed by atoms with van der Waals surface area (Å²) in [5.74, 6) is 0. The van der Waals surface area contributed by atoms with Crippen molar-refractivity contribution in [3.8, 4) is 0 Å². The largest absolute Gasteiger partial charge is 0.391 e. The summed E-state index contributed by atoms with van der Waals surface area (Å²) in [7, 11) is 2.03. The maximum atomic E-state index is 3.26. The zero-order valence-corrected chi connectivity index (χ0v) is 13.3. The molecule has 0 N–H and O–H groups in total. The van der Waals surface area contributed by atoms with Crippen LogP contribution in [-0.4, -0.2) is 7.05 Å². The molecule has 17 heavy (non-hydrogen) atoms. The summed E-state index contributed by atoms with van der Waals surface area (Å²) >= 11 is 0. The van der Waals surface area contributed by atoms with Crippen molar-refractivity contribution < 1.29 is 32.7 Å². The van der Waals surface area contributed by atoms with E-state index in [9.17, 15) is 0 Å². The van der Waals surface area contributed by atoms with Gasteiger partial charge < -0.3 is 4.90 Å². The van der Waals surface area contributed by atoms with E-state index >= 15 is 0 Å². The topological polar surface area (TPSA) is 3.24 Å². The van der Waals surface area contributed by atoms with Crippen LogP contribution in [0.25, 0.3) is 0 Å². The summed E-state index contributed by atoms with van der Waals surface area (Å²) in [5.41, 5.74) is 4.58. The molecule has 1 nitrogen and oxygen atoms in total. The fourth-order valence-electron chi connectivity index (χ4n) is 1.54. The molecule has 0 amide bonds. The molecule has 0 saturated heterocycles. The third-order valence-electron chi connectivity index (χ3n) is 2.63. The predicted octanol–water partition coefficient (Wildman–Crippen LogP) is 3.67. The molecule has 2 heteroatoms. The van der Waals surface area contributed by atoms with Crippen molar-refractivity contribution in [2.24, 2.45) is 0 Å². The number of aryl methyl sites for hydroxylation is 2. The Morgan fingerprint density at radius 3 is 1.53 bits per heavy atom. The summed E-state index contributed by atoms with van der Waals surface area (Å²) in [6.45, 7) is 4.14. The van der Waals surface area contributed by atoms with Gasteiger partial charge in [0.15, 0.2) is 0 Å². The number of nitrogens with zero attached hydrogens (tertiary/aromatic N) is 1. The maximum Gasteiger partial charge on any atom is 0.00724 e. The van der Waals surface area contributed by atoms with Crippen LogP contribution >= 0.6 is 0 Å². The molecular formula is C15H15NY-2. The standard InChI is InChI=1S/C15H15N.Y/c1-12-4-8-14(9-5-12)16(3)15-10-6-13(2)7-11-15;/h4-8,10H,1-3H3;/q-2;. The van der Waals surface area contributed by atoms with Gasteiger partial charge in [0.05, 0.1) is 0 Å². The molecule has 2 aromatic rings. The van der Waals surface area contributed by atoms with Crippen molar-refractivity contribution in [1.29, 1.82) is 0 Å². The van der Waals surface area contributed by atoms with Crippen molar-refractivity contribution in [1.82, 2.24) is 0 Å². The fraction of sp³-hybridized carbons (Fsp3) is 0.200. The fourth-order valence-corrected chi connectivity index (χ4v) is 1.54. The number of rotatable bonds is 2. The summed E-state index contributed by atoms with van der Waals surface area (Å²) in [6.07, 6.45) is 0.